The average Bonchev–Trinajstić information content (AvgIpc) is 2.83. The van der Waals surface area contributed by atoms with Crippen molar-refractivity contribution in [3.8, 4) is 6.07 Å². The molecule has 1 N–H and O–H groups in total. The van der Waals surface area contributed by atoms with Crippen molar-refractivity contribution < 1.29 is 8.42 Å². The first-order chi connectivity index (χ1) is 7.64. The van der Waals surface area contributed by atoms with Crippen LogP contribution in [0.1, 0.15) is 12.8 Å². The van der Waals surface area contributed by atoms with Crippen molar-refractivity contribution in [1.29, 1.82) is 5.26 Å². The quantitative estimate of drug-likeness (QED) is 0.806. The molecule has 0 aromatic carbocycles. The molecule has 0 radical (unpaired) electrons. The Kier molecular flexibility index (Phi) is 2.94. The number of rotatable bonds is 2. The number of piperidine rings is 1. The molecule has 16 heavy (non-hydrogen) atoms. The highest BCUT2D eigenvalue weighted by atomic mass is 32.2. The van der Waals surface area contributed by atoms with Crippen LogP contribution in [-0.4, -0.2) is 35.8 Å². The van der Waals surface area contributed by atoms with Crippen molar-refractivity contribution in [3.63, 3.8) is 0 Å². The number of aromatic amines is 1. The predicted molar refractivity (Wildman–Crippen MR) is 55.7 cm³/mol. The van der Waals surface area contributed by atoms with Crippen LogP contribution in [-0.2, 0) is 10.0 Å². The van der Waals surface area contributed by atoms with Gasteiger partial charge in [0.15, 0.2) is 0 Å². The van der Waals surface area contributed by atoms with Gasteiger partial charge < -0.3 is 4.98 Å². The maximum Gasteiger partial charge on any atom is 0.276 e. The Morgan fingerprint density at radius 1 is 1.50 bits per heavy atom. The van der Waals surface area contributed by atoms with Crippen LogP contribution >= 0.6 is 0 Å². The standard InChI is InChI=1S/C9H12N4O2S/c10-7-8-1-5-13(6-2-8)16(14,15)9-11-3-4-12-9/h3-4,8H,1-2,5-6H2,(H,11,12). The number of aromatic nitrogens is 2. The molecule has 1 saturated heterocycles. The summed E-state index contributed by atoms with van der Waals surface area (Å²) in [6.45, 7) is 0.780. The molecule has 0 bridgehead atoms. The number of hydrogen-bond donors (Lipinski definition) is 1. The molecule has 86 valence electrons. The molecule has 2 heterocycles. The van der Waals surface area contributed by atoms with Gasteiger partial charge in [-0.15, -0.1) is 0 Å². The summed E-state index contributed by atoms with van der Waals surface area (Å²) < 4.78 is 25.4. The zero-order valence-corrected chi connectivity index (χ0v) is 9.44. The molecule has 0 aliphatic carbocycles. The number of nitrogens with one attached hydrogen (secondary N) is 1. The molecule has 1 aromatic rings. The largest absolute Gasteiger partial charge is 0.334 e. The van der Waals surface area contributed by atoms with E-state index in [4.69, 9.17) is 5.26 Å². The first kappa shape index (κ1) is 11.1. The van der Waals surface area contributed by atoms with Crippen LogP contribution in [0.5, 0.6) is 0 Å². The van der Waals surface area contributed by atoms with E-state index in [1.54, 1.807) is 0 Å². The third-order valence-electron chi connectivity index (χ3n) is 2.69. The lowest BCUT2D eigenvalue weighted by atomic mass is 10.0. The maximum atomic E-state index is 12.0. The van der Waals surface area contributed by atoms with E-state index < -0.39 is 10.0 Å². The summed E-state index contributed by atoms with van der Waals surface area (Å²) in [4.78, 5) is 6.35. The highest BCUT2D eigenvalue weighted by Crippen LogP contribution is 2.21. The molecule has 2 rings (SSSR count). The second-order valence-electron chi connectivity index (χ2n) is 3.70. The lowest BCUT2D eigenvalue weighted by Gasteiger charge is -2.27. The van der Waals surface area contributed by atoms with Gasteiger partial charge >= 0.3 is 0 Å². The molecule has 0 unspecified atom stereocenters. The van der Waals surface area contributed by atoms with Crippen molar-refractivity contribution in [2.75, 3.05) is 13.1 Å². The summed E-state index contributed by atoms with van der Waals surface area (Å²) in [6, 6.07) is 2.17. The zero-order chi connectivity index (χ0) is 11.6. The van der Waals surface area contributed by atoms with E-state index in [2.05, 4.69) is 16.0 Å². The van der Waals surface area contributed by atoms with E-state index in [-0.39, 0.29) is 11.1 Å². The number of sulfonamides is 1. The Balaban J connectivity index is 2.13. The lowest BCUT2D eigenvalue weighted by Crippen LogP contribution is -2.38. The van der Waals surface area contributed by atoms with Gasteiger partial charge in [0.2, 0.25) is 5.16 Å². The number of hydrogen-bond acceptors (Lipinski definition) is 4. The second kappa shape index (κ2) is 4.23. The number of nitrogens with zero attached hydrogens (tertiary/aromatic N) is 3. The zero-order valence-electron chi connectivity index (χ0n) is 8.63. The fraction of sp³-hybridized carbons (Fsp3) is 0.556. The summed E-state index contributed by atoms with van der Waals surface area (Å²) in [7, 11) is -3.49. The van der Waals surface area contributed by atoms with Gasteiger partial charge in [0.1, 0.15) is 0 Å². The van der Waals surface area contributed by atoms with Gasteiger partial charge in [-0.25, -0.2) is 13.4 Å². The predicted octanol–water partition coefficient (Wildman–Crippen LogP) is 0.334. The molecule has 0 amide bonds. The van der Waals surface area contributed by atoms with Crippen LogP contribution in [0.25, 0.3) is 0 Å². The minimum absolute atomic E-state index is 0.0250. The lowest BCUT2D eigenvalue weighted by molar-refractivity contribution is 0.308. The van der Waals surface area contributed by atoms with Gasteiger partial charge in [-0.05, 0) is 12.8 Å². The molecule has 0 spiro atoms. The smallest absolute Gasteiger partial charge is 0.276 e. The second-order valence-corrected chi connectivity index (χ2v) is 5.56. The van der Waals surface area contributed by atoms with E-state index in [1.807, 2.05) is 0 Å². The summed E-state index contributed by atoms with van der Waals surface area (Å²) >= 11 is 0. The first-order valence-electron chi connectivity index (χ1n) is 5.04. The Labute approximate surface area is 94.0 Å². The van der Waals surface area contributed by atoms with Gasteiger partial charge in [-0.3, -0.25) is 0 Å². The highest BCUT2D eigenvalue weighted by molar-refractivity contribution is 7.88. The molecule has 0 atom stereocenters. The van der Waals surface area contributed by atoms with Crippen molar-refractivity contribution in [2.45, 2.75) is 18.0 Å². The fourth-order valence-electron chi connectivity index (χ4n) is 1.74. The molecule has 1 aromatic heterocycles. The van der Waals surface area contributed by atoms with Crippen molar-refractivity contribution in [3.05, 3.63) is 12.4 Å². The number of nitriles is 1. The number of imidazole rings is 1. The Morgan fingerprint density at radius 2 is 2.19 bits per heavy atom. The molecule has 1 aliphatic heterocycles. The van der Waals surface area contributed by atoms with Crippen LogP contribution in [0.4, 0.5) is 0 Å². The average molecular weight is 240 g/mol. The summed E-state index contributed by atoms with van der Waals surface area (Å²) in [5, 5.41) is 8.70. The van der Waals surface area contributed by atoms with E-state index >= 15 is 0 Å². The van der Waals surface area contributed by atoms with Crippen LogP contribution < -0.4 is 0 Å². The van der Waals surface area contributed by atoms with Gasteiger partial charge in [-0.1, -0.05) is 0 Å². The van der Waals surface area contributed by atoms with Crippen molar-refractivity contribution in [1.82, 2.24) is 14.3 Å². The minimum Gasteiger partial charge on any atom is -0.334 e. The van der Waals surface area contributed by atoms with Crippen molar-refractivity contribution >= 4 is 10.0 Å². The van der Waals surface area contributed by atoms with Gasteiger partial charge in [0, 0.05) is 31.4 Å². The van der Waals surface area contributed by atoms with E-state index in [1.165, 1.54) is 16.7 Å². The van der Waals surface area contributed by atoms with E-state index in [9.17, 15) is 8.42 Å². The van der Waals surface area contributed by atoms with Gasteiger partial charge in [0.25, 0.3) is 10.0 Å². The molecule has 7 heteroatoms. The summed E-state index contributed by atoms with van der Waals surface area (Å²) in [5.41, 5.74) is 0. The van der Waals surface area contributed by atoms with Gasteiger partial charge in [-0.2, -0.15) is 9.57 Å². The molecular weight excluding hydrogens is 228 g/mol. The number of H-pyrrole nitrogens is 1. The molecule has 0 saturated carbocycles. The topological polar surface area (TPSA) is 89.8 Å². The minimum atomic E-state index is -3.49. The normalized spacial score (nSPS) is 19.4. The van der Waals surface area contributed by atoms with E-state index in [0.29, 0.717) is 25.9 Å². The first-order valence-corrected chi connectivity index (χ1v) is 6.48. The van der Waals surface area contributed by atoms with Crippen LogP contribution in [0.3, 0.4) is 0 Å². The maximum absolute atomic E-state index is 12.0. The van der Waals surface area contributed by atoms with E-state index in [0.717, 1.165) is 0 Å². The van der Waals surface area contributed by atoms with Crippen LogP contribution in [0.15, 0.2) is 17.6 Å². The molecule has 6 nitrogen and oxygen atoms in total. The molecule has 1 fully saturated rings. The summed E-state index contributed by atoms with van der Waals surface area (Å²) in [5.74, 6) is -0.0250. The van der Waals surface area contributed by atoms with Crippen LogP contribution in [0, 0.1) is 17.2 Å². The Hall–Kier alpha value is -1.39. The third kappa shape index (κ3) is 1.94. The summed E-state index contributed by atoms with van der Waals surface area (Å²) in [6.07, 6.45) is 4.08. The SMILES string of the molecule is N#CC1CCN(S(=O)(=O)c2ncc[nH]2)CC1. The monoisotopic (exact) mass is 240 g/mol. The highest BCUT2D eigenvalue weighted by Gasteiger charge is 2.30. The Morgan fingerprint density at radius 3 is 2.69 bits per heavy atom. The molecule has 1 aliphatic rings. The fourth-order valence-corrected chi connectivity index (χ4v) is 3.09. The van der Waals surface area contributed by atoms with Crippen LogP contribution in [0.2, 0.25) is 0 Å². The third-order valence-corrected chi connectivity index (χ3v) is 4.45. The molecular formula is C9H12N4O2S. The van der Waals surface area contributed by atoms with Gasteiger partial charge in [0.05, 0.1) is 6.07 Å². The van der Waals surface area contributed by atoms with Crippen molar-refractivity contribution in [2.24, 2.45) is 5.92 Å². The Bertz CT molecular complexity index is 480.